The van der Waals surface area contributed by atoms with E-state index in [1.165, 1.54) is 0 Å². The van der Waals surface area contributed by atoms with Gasteiger partial charge >= 0.3 is 0 Å². The van der Waals surface area contributed by atoms with E-state index < -0.39 is 0 Å². The maximum Gasteiger partial charge on any atom is 0.221 e. The third kappa shape index (κ3) is 7.91. The molecule has 0 rings (SSSR count). The minimum absolute atomic E-state index is 0.00879. The van der Waals surface area contributed by atoms with Gasteiger partial charge in [0.2, 0.25) is 11.8 Å². The van der Waals surface area contributed by atoms with E-state index in [4.69, 9.17) is 0 Å². The van der Waals surface area contributed by atoms with Crippen LogP contribution in [0.15, 0.2) is 0 Å². The quantitative estimate of drug-likeness (QED) is 0.540. The maximum atomic E-state index is 11.0. The van der Waals surface area contributed by atoms with Crippen LogP contribution in [0.25, 0.3) is 0 Å². The SMILES string of the molecule is CCCC(=O)NCCC(=O)NCCS. The number of rotatable bonds is 7. The first-order chi connectivity index (χ1) is 6.70. The largest absolute Gasteiger partial charge is 0.356 e. The minimum Gasteiger partial charge on any atom is -0.356 e. The normalized spacial score (nSPS) is 9.57. The van der Waals surface area contributed by atoms with Gasteiger partial charge in [0.15, 0.2) is 0 Å². The van der Waals surface area contributed by atoms with E-state index in [9.17, 15) is 9.59 Å². The molecule has 0 aliphatic carbocycles. The van der Waals surface area contributed by atoms with Gasteiger partial charge in [0.1, 0.15) is 0 Å². The van der Waals surface area contributed by atoms with Crippen LogP contribution >= 0.6 is 12.6 Å². The van der Waals surface area contributed by atoms with E-state index in [0.29, 0.717) is 31.7 Å². The monoisotopic (exact) mass is 218 g/mol. The van der Waals surface area contributed by atoms with E-state index in [2.05, 4.69) is 23.3 Å². The highest BCUT2D eigenvalue weighted by molar-refractivity contribution is 7.80. The van der Waals surface area contributed by atoms with Crippen LogP contribution in [0.2, 0.25) is 0 Å². The molecule has 2 amide bonds. The van der Waals surface area contributed by atoms with Crippen molar-refractivity contribution in [3.05, 3.63) is 0 Å². The van der Waals surface area contributed by atoms with E-state index in [-0.39, 0.29) is 11.8 Å². The summed E-state index contributed by atoms with van der Waals surface area (Å²) in [4.78, 5) is 22.0. The van der Waals surface area contributed by atoms with Gasteiger partial charge in [-0.2, -0.15) is 12.6 Å². The zero-order valence-corrected chi connectivity index (χ0v) is 9.40. The number of hydrogen-bond acceptors (Lipinski definition) is 3. The van der Waals surface area contributed by atoms with Gasteiger partial charge in [0.05, 0.1) is 0 Å². The van der Waals surface area contributed by atoms with Crippen LogP contribution in [0.1, 0.15) is 26.2 Å². The number of nitrogens with one attached hydrogen (secondary N) is 2. The second-order valence-electron chi connectivity index (χ2n) is 2.92. The van der Waals surface area contributed by atoms with Crippen molar-refractivity contribution in [2.45, 2.75) is 26.2 Å². The number of hydrogen-bond donors (Lipinski definition) is 3. The average molecular weight is 218 g/mol. The number of thiol groups is 1. The predicted octanol–water partition coefficient (Wildman–Crippen LogP) is 0.339. The van der Waals surface area contributed by atoms with Crippen LogP contribution in [0.3, 0.4) is 0 Å². The smallest absolute Gasteiger partial charge is 0.221 e. The molecule has 0 fully saturated rings. The summed E-state index contributed by atoms with van der Waals surface area (Å²) in [6, 6.07) is 0. The molecule has 0 spiro atoms. The van der Waals surface area contributed by atoms with Crippen LogP contribution in [-0.4, -0.2) is 30.7 Å². The molecule has 82 valence electrons. The van der Waals surface area contributed by atoms with Gasteiger partial charge in [0, 0.05) is 31.7 Å². The first kappa shape index (κ1) is 13.3. The molecule has 5 heteroatoms. The highest BCUT2D eigenvalue weighted by Crippen LogP contribution is 1.86. The molecular formula is C9H18N2O2S. The molecule has 0 aromatic heterocycles. The fourth-order valence-corrected chi connectivity index (χ4v) is 1.03. The van der Waals surface area contributed by atoms with Crippen molar-refractivity contribution in [3.8, 4) is 0 Å². The summed E-state index contributed by atoms with van der Waals surface area (Å²) in [5, 5.41) is 5.34. The molecule has 0 radical (unpaired) electrons. The number of carbonyl (C=O) groups excluding carboxylic acids is 2. The van der Waals surface area contributed by atoms with Crippen molar-refractivity contribution in [1.82, 2.24) is 10.6 Å². The molecule has 4 nitrogen and oxygen atoms in total. The molecule has 2 N–H and O–H groups in total. The third-order valence-corrected chi connectivity index (χ3v) is 1.81. The molecule has 14 heavy (non-hydrogen) atoms. The molecule has 0 aliphatic heterocycles. The average Bonchev–Trinajstić information content (AvgIpc) is 2.15. The van der Waals surface area contributed by atoms with Gasteiger partial charge in [-0.25, -0.2) is 0 Å². The van der Waals surface area contributed by atoms with E-state index in [1.807, 2.05) is 6.92 Å². The topological polar surface area (TPSA) is 58.2 Å². The fourth-order valence-electron chi connectivity index (χ4n) is 0.915. The third-order valence-electron chi connectivity index (χ3n) is 1.59. The molecule has 0 aromatic rings. The Kier molecular flexibility index (Phi) is 8.42. The molecule has 0 bridgehead atoms. The van der Waals surface area contributed by atoms with Gasteiger partial charge < -0.3 is 10.6 Å². The minimum atomic E-state index is -0.0455. The van der Waals surface area contributed by atoms with Crippen molar-refractivity contribution in [2.75, 3.05) is 18.8 Å². The van der Waals surface area contributed by atoms with Gasteiger partial charge in [-0.3, -0.25) is 9.59 Å². The Labute approximate surface area is 90.2 Å². The van der Waals surface area contributed by atoms with Gasteiger partial charge in [0.25, 0.3) is 0 Å². The summed E-state index contributed by atoms with van der Waals surface area (Å²) in [6.45, 7) is 2.93. The Morgan fingerprint density at radius 2 is 1.64 bits per heavy atom. The molecule has 0 aliphatic rings. The van der Waals surface area contributed by atoms with Crippen LogP contribution in [0.5, 0.6) is 0 Å². The molecule has 0 saturated carbocycles. The zero-order valence-electron chi connectivity index (χ0n) is 8.51. The second kappa shape index (κ2) is 8.87. The van der Waals surface area contributed by atoms with Crippen LogP contribution in [0, 0.1) is 0 Å². The van der Waals surface area contributed by atoms with Gasteiger partial charge in [-0.05, 0) is 6.42 Å². The lowest BCUT2D eigenvalue weighted by Gasteiger charge is -2.04. The standard InChI is InChI=1S/C9H18N2O2S/c1-2-3-8(12)10-5-4-9(13)11-6-7-14/h14H,2-7H2,1H3,(H,10,12)(H,11,13). The molecule has 0 atom stereocenters. The Balaban J connectivity index is 3.34. The van der Waals surface area contributed by atoms with Crippen LogP contribution < -0.4 is 10.6 Å². The van der Waals surface area contributed by atoms with E-state index in [1.54, 1.807) is 0 Å². The predicted molar refractivity (Wildman–Crippen MR) is 59.4 cm³/mol. The van der Waals surface area contributed by atoms with E-state index >= 15 is 0 Å². The Morgan fingerprint density at radius 1 is 1.07 bits per heavy atom. The van der Waals surface area contributed by atoms with Crippen LogP contribution in [0.4, 0.5) is 0 Å². The summed E-state index contributed by atoms with van der Waals surface area (Å²) in [5.41, 5.74) is 0. The Hall–Kier alpha value is -0.710. The van der Waals surface area contributed by atoms with Crippen molar-refractivity contribution in [2.24, 2.45) is 0 Å². The summed E-state index contributed by atoms with van der Waals surface area (Å²) in [5.74, 6) is 0.596. The summed E-state index contributed by atoms with van der Waals surface area (Å²) in [6.07, 6.45) is 1.69. The number of amides is 2. The van der Waals surface area contributed by atoms with Gasteiger partial charge in [-0.1, -0.05) is 6.92 Å². The number of carbonyl (C=O) groups is 2. The molecule has 0 saturated heterocycles. The maximum absolute atomic E-state index is 11.0. The van der Waals surface area contributed by atoms with Crippen molar-refractivity contribution < 1.29 is 9.59 Å². The van der Waals surface area contributed by atoms with Gasteiger partial charge in [-0.15, -0.1) is 0 Å². The lowest BCUT2D eigenvalue weighted by Crippen LogP contribution is -2.31. The fraction of sp³-hybridized carbons (Fsp3) is 0.778. The Morgan fingerprint density at radius 3 is 2.21 bits per heavy atom. The molecule has 0 unspecified atom stereocenters. The Bertz CT molecular complexity index is 186. The zero-order chi connectivity index (χ0) is 10.8. The first-order valence-electron chi connectivity index (χ1n) is 4.85. The molecule has 0 aromatic carbocycles. The molecule has 0 heterocycles. The highest BCUT2D eigenvalue weighted by Gasteiger charge is 2.01. The van der Waals surface area contributed by atoms with Crippen molar-refractivity contribution in [1.29, 1.82) is 0 Å². The lowest BCUT2D eigenvalue weighted by molar-refractivity contribution is -0.122. The second-order valence-corrected chi connectivity index (χ2v) is 3.37. The highest BCUT2D eigenvalue weighted by atomic mass is 32.1. The molecular weight excluding hydrogens is 200 g/mol. The summed E-state index contributed by atoms with van der Waals surface area (Å²) in [7, 11) is 0. The van der Waals surface area contributed by atoms with Crippen molar-refractivity contribution in [3.63, 3.8) is 0 Å². The van der Waals surface area contributed by atoms with Crippen LogP contribution in [-0.2, 0) is 9.59 Å². The summed E-state index contributed by atoms with van der Waals surface area (Å²) >= 11 is 3.96. The summed E-state index contributed by atoms with van der Waals surface area (Å²) < 4.78 is 0. The van der Waals surface area contributed by atoms with E-state index in [0.717, 1.165) is 6.42 Å². The lowest BCUT2D eigenvalue weighted by atomic mass is 10.3. The van der Waals surface area contributed by atoms with Crippen molar-refractivity contribution >= 4 is 24.4 Å². The first-order valence-corrected chi connectivity index (χ1v) is 5.48.